The van der Waals surface area contributed by atoms with Gasteiger partial charge in [-0.05, 0) is 66.7 Å². The lowest BCUT2D eigenvalue weighted by molar-refractivity contribution is -0.117. The van der Waals surface area contributed by atoms with Crippen molar-refractivity contribution in [3.05, 3.63) is 76.0 Å². The van der Waals surface area contributed by atoms with Crippen molar-refractivity contribution in [2.45, 2.75) is 13.0 Å². The van der Waals surface area contributed by atoms with Crippen LogP contribution in [0.3, 0.4) is 0 Å². The Labute approximate surface area is 173 Å². The van der Waals surface area contributed by atoms with E-state index in [0.717, 1.165) is 16.9 Å². The molecule has 1 unspecified atom stereocenters. The van der Waals surface area contributed by atoms with E-state index in [0.29, 0.717) is 21.4 Å². The largest absolute Gasteiger partial charge is 0.497 e. The lowest BCUT2D eigenvalue weighted by atomic mass is 9.95. The molecule has 3 rings (SSSR count). The Balaban J connectivity index is 1.78. The van der Waals surface area contributed by atoms with Crippen LogP contribution in [0.5, 0.6) is 5.75 Å². The highest BCUT2D eigenvalue weighted by Gasteiger charge is 2.29. The molecule has 2 aromatic carbocycles. The van der Waals surface area contributed by atoms with Gasteiger partial charge in [-0.3, -0.25) is 4.79 Å². The number of ether oxygens (including phenoxy) is 1. The molecule has 2 aromatic rings. The highest BCUT2D eigenvalue weighted by atomic mass is 35.5. The zero-order valence-corrected chi connectivity index (χ0v) is 16.9. The highest BCUT2D eigenvalue weighted by Crippen LogP contribution is 2.27. The predicted octanol–water partition coefficient (Wildman–Crippen LogP) is 3.29. The number of carbonyl (C=O) groups is 1. The molecule has 0 bridgehead atoms. The molecular formula is C20H19ClN4O2S. The van der Waals surface area contributed by atoms with E-state index in [1.165, 1.54) is 0 Å². The van der Waals surface area contributed by atoms with Gasteiger partial charge in [0, 0.05) is 10.7 Å². The summed E-state index contributed by atoms with van der Waals surface area (Å²) >= 11 is 11.2. The first kappa shape index (κ1) is 19.9. The van der Waals surface area contributed by atoms with Gasteiger partial charge < -0.3 is 15.4 Å². The fraction of sp³-hybridized carbons (Fsp3) is 0.150. The van der Waals surface area contributed by atoms with Crippen molar-refractivity contribution in [1.29, 1.82) is 0 Å². The average molecular weight is 415 g/mol. The number of thiocarbonyl (C=S) groups is 1. The molecule has 28 heavy (non-hydrogen) atoms. The molecule has 0 saturated heterocycles. The number of hydrogen-bond acceptors (Lipinski definition) is 4. The summed E-state index contributed by atoms with van der Waals surface area (Å²) in [7, 11) is 1.61. The van der Waals surface area contributed by atoms with E-state index in [1.807, 2.05) is 36.4 Å². The van der Waals surface area contributed by atoms with Crippen molar-refractivity contribution < 1.29 is 9.53 Å². The van der Waals surface area contributed by atoms with Crippen molar-refractivity contribution in [3.8, 4) is 5.75 Å². The summed E-state index contributed by atoms with van der Waals surface area (Å²) in [6, 6.07) is 14.2. The van der Waals surface area contributed by atoms with Gasteiger partial charge in [-0.1, -0.05) is 23.7 Å². The van der Waals surface area contributed by atoms with Gasteiger partial charge in [-0.2, -0.15) is 5.10 Å². The van der Waals surface area contributed by atoms with Crippen LogP contribution in [0, 0.1) is 0 Å². The number of hydrazone groups is 1. The first-order valence-electron chi connectivity index (χ1n) is 8.49. The second kappa shape index (κ2) is 8.86. The third kappa shape index (κ3) is 4.68. The van der Waals surface area contributed by atoms with Crippen LogP contribution >= 0.6 is 23.8 Å². The van der Waals surface area contributed by atoms with Crippen molar-refractivity contribution in [2.24, 2.45) is 5.10 Å². The van der Waals surface area contributed by atoms with Crippen molar-refractivity contribution in [3.63, 3.8) is 0 Å². The van der Waals surface area contributed by atoms with Crippen LogP contribution < -0.4 is 20.8 Å². The maximum atomic E-state index is 12.8. The van der Waals surface area contributed by atoms with E-state index in [1.54, 1.807) is 32.4 Å². The van der Waals surface area contributed by atoms with Crippen molar-refractivity contribution >= 4 is 41.1 Å². The SMILES string of the molecule is COc1ccc(/C=N/NC(=O)C2=C(C)NC(=S)NC2c2ccc(Cl)cc2)cc1. The predicted molar refractivity (Wildman–Crippen MR) is 114 cm³/mol. The molecule has 0 aromatic heterocycles. The number of amides is 1. The second-order valence-electron chi connectivity index (χ2n) is 6.09. The van der Waals surface area contributed by atoms with E-state index >= 15 is 0 Å². The molecule has 1 aliphatic heterocycles. The molecule has 144 valence electrons. The number of nitrogens with zero attached hydrogens (tertiary/aromatic N) is 1. The average Bonchev–Trinajstić information content (AvgIpc) is 2.68. The first-order chi connectivity index (χ1) is 13.5. The van der Waals surface area contributed by atoms with E-state index < -0.39 is 6.04 Å². The second-order valence-corrected chi connectivity index (χ2v) is 6.94. The molecule has 0 fully saturated rings. The molecule has 1 heterocycles. The van der Waals surface area contributed by atoms with Gasteiger partial charge in [0.1, 0.15) is 5.75 Å². The molecule has 3 N–H and O–H groups in total. The van der Waals surface area contributed by atoms with Crippen molar-refractivity contribution in [2.75, 3.05) is 7.11 Å². The number of benzene rings is 2. The lowest BCUT2D eigenvalue weighted by Gasteiger charge is -2.30. The van der Waals surface area contributed by atoms with Crippen LogP contribution in [0.4, 0.5) is 0 Å². The summed E-state index contributed by atoms with van der Waals surface area (Å²) < 4.78 is 5.12. The molecule has 1 atom stereocenters. The van der Waals surface area contributed by atoms with Crippen LogP contribution in [0.15, 0.2) is 64.9 Å². The summed E-state index contributed by atoms with van der Waals surface area (Å²) in [6.07, 6.45) is 1.57. The molecule has 1 amide bonds. The first-order valence-corrected chi connectivity index (χ1v) is 9.28. The molecule has 6 nitrogen and oxygen atoms in total. The molecule has 1 aliphatic rings. The number of rotatable bonds is 5. The summed E-state index contributed by atoms with van der Waals surface area (Å²) in [5.74, 6) is 0.424. The Morgan fingerprint density at radius 2 is 1.89 bits per heavy atom. The number of hydrogen-bond donors (Lipinski definition) is 3. The topological polar surface area (TPSA) is 74.8 Å². The van der Waals surface area contributed by atoms with Crippen LogP contribution in [0.2, 0.25) is 5.02 Å². The Hall–Kier alpha value is -2.90. The smallest absolute Gasteiger partial charge is 0.271 e. The van der Waals surface area contributed by atoms with Gasteiger partial charge >= 0.3 is 0 Å². The van der Waals surface area contributed by atoms with E-state index in [-0.39, 0.29) is 5.91 Å². The molecule has 0 spiro atoms. The summed E-state index contributed by atoms with van der Waals surface area (Å²) in [5, 5.41) is 11.3. The van der Waals surface area contributed by atoms with Gasteiger partial charge in [0.25, 0.3) is 5.91 Å². The number of methoxy groups -OCH3 is 1. The molecule has 8 heteroatoms. The number of nitrogens with one attached hydrogen (secondary N) is 3. The quantitative estimate of drug-likeness (QED) is 0.397. The van der Waals surface area contributed by atoms with Gasteiger partial charge in [-0.15, -0.1) is 0 Å². The molecule has 0 radical (unpaired) electrons. The van der Waals surface area contributed by atoms with E-state index in [2.05, 4.69) is 21.2 Å². The van der Waals surface area contributed by atoms with E-state index in [9.17, 15) is 4.79 Å². The van der Waals surface area contributed by atoms with Crippen LogP contribution in [0.25, 0.3) is 0 Å². The maximum Gasteiger partial charge on any atom is 0.271 e. The number of carbonyl (C=O) groups excluding carboxylic acids is 1. The fourth-order valence-corrected chi connectivity index (χ4v) is 3.21. The van der Waals surface area contributed by atoms with Crippen LogP contribution in [0.1, 0.15) is 24.1 Å². The molecule has 0 saturated carbocycles. The minimum absolute atomic E-state index is 0.329. The van der Waals surface area contributed by atoms with Gasteiger partial charge in [0.2, 0.25) is 0 Å². The number of allylic oxidation sites excluding steroid dienone is 1. The molecule has 0 aliphatic carbocycles. The monoisotopic (exact) mass is 414 g/mol. The lowest BCUT2D eigenvalue weighted by Crippen LogP contribution is -2.46. The summed E-state index contributed by atoms with van der Waals surface area (Å²) in [6.45, 7) is 1.80. The maximum absolute atomic E-state index is 12.8. The summed E-state index contributed by atoms with van der Waals surface area (Å²) in [5.41, 5.74) is 5.46. The van der Waals surface area contributed by atoms with Crippen LogP contribution in [-0.2, 0) is 4.79 Å². The van der Waals surface area contributed by atoms with Gasteiger partial charge in [-0.25, -0.2) is 5.43 Å². The standard InChI is InChI=1S/C20H19ClN4O2S/c1-12-17(18(24-20(28)23-12)14-5-7-15(21)8-6-14)19(26)25-22-11-13-3-9-16(27-2)10-4-13/h3-11,18H,1-2H3,(H,25,26)(H2,23,24,28)/b22-11+. The van der Waals surface area contributed by atoms with Gasteiger partial charge in [0.15, 0.2) is 5.11 Å². The Kier molecular flexibility index (Phi) is 6.28. The van der Waals surface area contributed by atoms with Crippen LogP contribution in [-0.4, -0.2) is 24.3 Å². The minimum Gasteiger partial charge on any atom is -0.497 e. The molecular weight excluding hydrogens is 396 g/mol. The highest BCUT2D eigenvalue weighted by molar-refractivity contribution is 7.80. The Morgan fingerprint density at radius 3 is 2.54 bits per heavy atom. The Morgan fingerprint density at radius 1 is 1.21 bits per heavy atom. The third-order valence-electron chi connectivity index (χ3n) is 4.21. The van der Waals surface area contributed by atoms with Crippen molar-refractivity contribution in [1.82, 2.24) is 16.1 Å². The summed E-state index contributed by atoms with van der Waals surface area (Å²) in [4.78, 5) is 12.8. The third-order valence-corrected chi connectivity index (χ3v) is 4.68. The Bertz CT molecular complexity index is 940. The fourth-order valence-electron chi connectivity index (χ4n) is 2.82. The number of halogens is 1. The normalized spacial score (nSPS) is 16.5. The minimum atomic E-state index is -0.401. The van der Waals surface area contributed by atoms with Gasteiger partial charge in [0.05, 0.1) is 24.9 Å². The zero-order valence-electron chi connectivity index (χ0n) is 15.3. The van der Waals surface area contributed by atoms with E-state index in [4.69, 9.17) is 28.6 Å². The zero-order chi connectivity index (χ0) is 20.1.